The van der Waals surface area contributed by atoms with Gasteiger partial charge in [0.2, 0.25) is 0 Å². The summed E-state index contributed by atoms with van der Waals surface area (Å²) in [6.45, 7) is 6.46. The van der Waals surface area contributed by atoms with Crippen molar-refractivity contribution in [2.75, 3.05) is 26.2 Å². The predicted octanol–water partition coefficient (Wildman–Crippen LogP) is 3.57. The van der Waals surface area contributed by atoms with E-state index in [9.17, 15) is 0 Å². The Hall–Kier alpha value is -1.07. The molecule has 22 heavy (non-hydrogen) atoms. The van der Waals surface area contributed by atoms with Crippen molar-refractivity contribution >= 4 is 23.2 Å². The molecule has 1 aromatic carbocycles. The van der Waals surface area contributed by atoms with Crippen LogP contribution in [0.5, 0.6) is 0 Å². The molecule has 1 aliphatic heterocycles. The second kappa shape index (κ2) is 7.01. The highest BCUT2D eigenvalue weighted by molar-refractivity contribution is 6.42. The molecular weight excluding hydrogens is 321 g/mol. The number of benzene rings is 1. The Balaban J connectivity index is 1.61. The molecule has 0 saturated carbocycles. The second-order valence-electron chi connectivity index (χ2n) is 5.53. The molecule has 0 amide bonds. The molecule has 0 spiro atoms. The fourth-order valence-corrected chi connectivity index (χ4v) is 3.00. The average molecular weight is 340 g/mol. The van der Waals surface area contributed by atoms with Gasteiger partial charge in [0.05, 0.1) is 29.3 Å². The summed E-state index contributed by atoms with van der Waals surface area (Å²) in [4.78, 5) is 2.40. The standard InChI is InChI=1S/C16H19Cl2N3O/c1-12-4-5-19-21(12)7-6-20-8-9-22-16(11-20)13-2-3-14(17)15(18)10-13/h2-5,10,16H,6-9,11H2,1H3/t16-/m1/s1. The van der Waals surface area contributed by atoms with Gasteiger partial charge in [0.1, 0.15) is 0 Å². The van der Waals surface area contributed by atoms with Crippen molar-refractivity contribution in [1.82, 2.24) is 14.7 Å². The SMILES string of the molecule is Cc1ccnn1CCN1CCO[C@@H](c2ccc(Cl)c(Cl)c2)C1. The van der Waals surface area contributed by atoms with Crippen molar-refractivity contribution in [3.05, 3.63) is 51.8 Å². The summed E-state index contributed by atoms with van der Waals surface area (Å²) in [7, 11) is 0. The molecule has 3 rings (SSSR count). The lowest BCUT2D eigenvalue weighted by Gasteiger charge is -2.33. The minimum atomic E-state index is 0.0437. The number of aromatic nitrogens is 2. The van der Waals surface area contributed by atoms with Crippen molar-refractivity contribution < 1.29 is 4.74 Å². The molecular formula is C16H19Cl2N3O. The summed E-state index contributed by atoms with van der Waals surface area (Å²) in [5.41, 5.74) is 2.27. The Morgan fingerprint density at radius 1 is 1.23 bits per heavy atom. The van der Waals surface area contributed by atoms with E-state index in [4.69, 9.17) is 27.9 Å². The summed E-state index contributed by atoms with van der Waals surface area (Å²) in [6.07, 6.45) is 1.88. The van der Waals surface area contributed by atoms with Gasteiger partial charge in [0, 0.05) is 31.5 Å². The molecule has 0 radical (unpaired) electrons. The van der Waals surface area contributed by atoms with Crippen molar-refractivity contribution in [2.45, 2.75) is 19.6 Å². The van der Waals surface area contributed by atoms with Crippen LogP contribution in [0.2, 0.25) is 10.0 Å². The molecule has 1 atom stereocenters. The van der Waals surface area contributed by atoms with Gasteiger partial charge in [-0.15, -0.1) is 0 Å². The summed E-state index contributed by atoms with van der Waals surface area (Å²) < 4.78 is 7.92. The maximum Gasteiger partial charge on any atom is 0.0952 e. The molecule has 118 valence electrons. The van der Waals surface area contributed by atoms with Crippen LogP contribution < -0.4 is 0 Å². The first kappa shape index (κ1) is 15.8. The van der Waals surface area contributed by atoms with E-state index in [0.717, 1.165) is 38.3 Å². The molecule has 6 heteroatoms. The fraction of sp³-hybridized carbons (Fsp3) is 0.438. The monoisotopic (exact) mass is 339 g/mol. The lowest BCUT2D eigenvalue weighted by molar-refractivity contribution is -0.0311. The van der Waals surface area contributed by atoms with E-state index in [1.165, 1.54) is 5.69 Å². The van der Waals surface area contributed by atoms with Crippen LogP contribution in [-0.2, 0) is 11.3 Å². The molecule has 2 aromatic rings. The van der Waals surface area contributed by atoms with Crippen LogP contribution in [0.4, 0.5) is 0 Å². The quantitative estimate of drug-likeness (QED) is 0.852. The Labute approximate surface area is 140 Å². The molecule has 1 aromatic heterocycles. The van der Waals surface area contributed by atoms with Crippen LogP contribution in [0.1, 0.15) is 17.4 Å². The van der Waals surface area contributed by atoms with Crippen LogP contribution in [0.25, 0.3) is 0 Å². The number of aryl methyl sites for hydroxylation is 1. The molecule has 0 N–H and O–H groups in total. The smallest absolute Gasteiger partial charge is 0.0952 e. The number of rotatable bonds is 4. The molecule has 0 bridgehead atoms. The summed E-state index contributed by atoms with van der Waals surface area (Å²) in [6, 6.07) is 7.74. The molecule has 0 aliphatic carbocycles. The van der Waals surface area contributed by atoms with E-state index in [-0.39, 0.29) is 6.10 Å². The average Bonchev–Trinajstić information content (AvgIpc) is 2.93. The molecule has 2 heterocycles. The van der Waals surface area contributed by atoms with Crippen LogP contribution in [0.15, 0.2) is 30.5 Å². The zero-order valence-electron chi connectivity index (χ0n) is 12.5. The van der Waals surface area contributed by atoms with Crippen LogP contribution in [-0.4, -0.2) is 40.9 Å². The van der Waals surface area contributed by atoms with Gasteiger partial charge < -0.3 is 4.74 Å². The topological polar surface area (TPSA) is 30.3 Å². The molecule has 4 nitrogen and oxygen atoms in total. The number of morpholine rings is 1. The maximum atomic E-state index is 6.10. The second-order valence-corrected chi connectivity index (χ2v) is 6.34. The lowest BCUT2D eigenvalue weighted by atomic mass is 10.1. The van der Waals surface area contributed by atoms with E-state index in [1.807, 2.05) is 35.1 Å². The Morgan fingerprint density at radius 3 is 2.82 bits per heavy atom. The Morgan fingerprint density at radius 2 is 2.09 bits per heavy atom. The number of halogens is 2. The number of hydrogen-bond donors (Lipinski definition) is 0. The first-order chi connectivity index (χ1) is 10.6. The minimum Gasteiger partial charge on any atom is -0.371 e. The third kappa shape index (κ3) is 3.63. The molecule has 1 saturated heterocycles. The van der Waals surface area contributed by atoms with Crippen molar-refractivity contribution in [3.8, 4) is 0 Å². The summed E-state index contributed by atoms with van der Waals surface area (Å²) in [5, 5.41) is 5.48. The third-order valence-corrected chi connectivity index (χ3v) is 4.76. The van der Waals surface area contributed by atoms with Gasteiger partial charge in [0.15, 0.2) is 0 Å². The number of nitrogens with zero attached hydrogens (tertiary/aromatic N) is 3. The van der Waals surface area contributed by atoms with Gasteiger partial charge in [-0.05, 0) is 30.7 Å². The van der Waals surface area contributed by atoms with Gasteiger partial charge in [0.25, 0.3) is 0 Å². The van der Waals surface area contributed by atoms with E-state index < -0.39 is 0 Å². The first-order valence-corrected chi connectivity index (χ1v) is 8.16. The molecule has 1 fully saturated rings. The van der Waals surface area contributed by atoms with Gasteiger partial charge in [-0.1, -0.05) is 29.3 Å². The van der Waals surface area contributed by atoms with E-state index in [2.05, 4.69) is 16.9 Å². The van der Waals surface area contributed by atoms with Gasteiger partial charge in [-0.25, -0.2) is 0 Å². The van der Waals surface area contributed by atoms with Crippen molar-refractivity contribution in [1.29, 1.82) is 0 Å². The van der Waals surface area contributed by atoms with Crippen LogP contribution in [0, 0.1) is 6.92 Å². The normalized spacial score (nSPS) is 19.5. The van der Waals surface area contributed by atoms with Gasteiger partial charge in [-0.3, -0.25) is 9.58 Å². The summed E-state index contributed by atoms with van der Waals surface area (Å²) >= 11 is 12.1. The van der Waals surface area contributed by atoms with E-state index >= 15 is 0 Å². The highest BCUT2D eigenvalue weighted by Crippen LogP contribution is 2.29. The van der Waals surface area contributed by atoms with Crippen LogP contribution in [0.3, 0.4) is 0 Å². The summed E-state index contributed by atoms with van der Waals surface area (Å²) in [5.74, 6) is 0. The third-order valence-electron chi connectivity index (χ3n) is 4.02. The largest absolute Gasteiger partial charge is 0.371 e. The molecule has 1 aliphatic rings. The highest BCUT2D eigenvalue weighted by atomic mass is 35.5. The number of ether oxygens (including phenoxy) is 1. The van der Waals surface area contributed by atoms with Crippen molar-refractivity contribution in [3.63, 3.8) is 0 Å². The van der Waals surface area contributed by atoms with Gasteiger partial charge >= 0.3 is 0 Å². The first-order valence-electron chi connectivity index (χ1n) is 7.41. The minimum absolute atomic E-state index is 0.0437. The van der Waals surface area contributed by atoms with E-state index in [1.54, 1.807) is 0 Å². The van der Waals surface area contributed by atoms with E-state index in [0.29, 0.717) is 10.0 Å². The maximum absolute atomic E-state index is 6.10. The van der Waals surface area contributed by atoms with Crippen molar-refractivity contribution in [2.24, 2.45) is 0 Å². The predicted molar refractivity (Wildman–Crippen MR) is 88.6 cm³/mol. The zero-order valence-corrected chi connectivity index (χ0v) is 14.0. The highest BCUT2D eigenvalue weighted by Gasteiger charge is 2.22. The Bertz CT molecular complexity index is 644. The lowest BCUT2D eigenvalue weighted by Crippen LogP contribution is -2.40. The molecule has 0 unspecified atom stereocenters. The number of hydrogen-bond acceptors (Lipinski definition) is 3. The van der Waals surface area contributed by atoms with Gasteiger partial charge in [-0.2, -0.15) is 5.10 Å². The fourth-order valence-electron chi connectivity index (χ4n) is 2.69. The van der Waals surface area contributed by atoms with Crippen LogP contribution >= 0.6 is 23.2 Å². The Kier molecular flexibility index (Phi) is 5.03. The zero-order chi connectivity index (χ0) is 15.5.